The number of carbonyl (C=O) groups excluding carboxylic acids is 1. The molecule has 2 rings (SSSR count). The molecule has 0 fully saturated rings. The standard InChI is InChI=1S/C14H13F2NO3/c1-8(9-3-4-20-7-9)17-13-5-10(14(18)19-2)11(15)6-12(13)16/h3-8,17H,1-2H3. The Hall–Kier alpha value is -2.37. The van der Waals surface area contributed by atoms with Gasteiger partial charge in [-0.1, -0.05) is 0 Å². The number of hydrogen-bond donors (Lipinski definition) is 1. The first-order valence-electron chi connectivity index (χ1n) is 5.89. The van der Waals surface area contributed by atoms with Crippen LogP contribution in [0.25, 0.3) is 0 Å². The molecule has 0 aliphatic heterocycles. The quantitative estimate of drug-likeness (QED) is 0.871. The van der Waals surface area contributed by atoms with Gasteiger partial charge in [0.2, 0.25) is 0 Å². The van der Waals surface area contributed by atoms with Crippen LogP contribution >= 0.6 is 0 Å². The minimum absolute atomic E-state index is 0.0144. The lowest BCUT2D eigenvalue weighted by Gasteiger charge is -2.15. The molecule has 4 nitrogen and oxygen atoms in total. The maximum Gasteiger partial charge on any atom is 0.340 e. The van der Waals surface area contributed by atoms with Crippen LogP contribution in [0.1, 0.15) is 28.9 Å². The molecule has 106 valence electrons. The second kappa shape index (κ2) is 5.73. The van der Waals surface area contributed by atoms with Crippen molar-refractivity contribution in [3.8, 4) is 0 Å². The molecule has 20 heavy (non-hydrogen) atoms. The van der Waals surface area contributed by atoms with E-state index in [1.165, 1.54) is 12.5 Å². The molecule has 1 unspecified atom stereocenters. The molecule has 0 aliphatic rings. The van der Waals surface area contributed by atoms with Gasteiger partial charge in [-0.3, -0.25) is 0 Å². The average Bonchev–Trinajstić information content (AvgIpc) is 2.95. The molecule has 6 heteroatoms. The third-order valence-electron chi connectivity index (χ3n) is 2.88. The Balaban J connectivity index is 2.29. The number of carbonyl (C=O) groups is 1. The molecule has 1 atom stereocenters. The van der Waals surface area contributed by atoms with Gasteiger partial charge in [0.25, 0.3) is 0 Å². The van der Waals surface area contributed by atoms with Gasteiger partial charge in [-0.2, -0.15) is 0 Å². The molecule has 0 saturated carbocycles. The van der Waals surface area contributed by atoms with Crippen molar-refractivity contribution in [3.63, 3.8) is 0 Å². The fraction of sp³-hybridized carbons (Fsp3) is 0.214. The molecular formula is C14H13F2NO3. The lowest BCUT2D eigenvalue weighted by Crippen LogP contribution is -2.11. The van der Waals surface area contributed by atoms with Crippen LogP contribution in [0.5, 0.6) is 0 Å². The highest BCUT2D eigenvalue weighted by Gasteiger charge is 2.18. The van der Waals surface area contributed by atoms with Crippen molar-refractivity contribution < 1.29 is 22.7 Å². The van der Waals surface area contributed by atoms with Crippen molar-refractivity contribution in [2.24, 2.45) is 0 Å². The minimum Gasteiger partial charge on any atom is -0.472 e. The monoisotopic (exact) mass is 281 g/mol. The zero-order chi connectivity index (χ0) is 14.7. The number of nitrogens with one attached hydrogen (secondary N) is 1. The lowest BCUT2D eigenvalue weighted by molar-refractivity contribution is 0.0595. The first kappa shape index (κ1) is 14.0. The van der Waals surface area contributed by atoms with Crippen LogP contribution in [-0.4, -0.2) is 13.1 Å². The van der Waals surface area contributed by atoms with E-state index >= 15 is 0 Å². The second-order valence-electron chi connectivity index (χ2n) is 4.23. The van der Waals surface area contributed by atoms with Crippen LogP contribution in [0.4, 0.5) is 14.5 Å². The summed E-state index contributed by atoms with van der Waals surface area (Å²) < 4.78 is 36.6. The van der Waals surface area contributed by atoms with Gasteiger partial charge in [0.1, 0.15) is 11.6 Å². The number of halogens is 2. The van der Waals surface area contributed by atoms with Gasteiger partial charge in [0.15, 0.2) is 0 Å². The summed E-state index contributed by atoms with van der Waals surface area (Å²) in [7, 11) is 1.13. The van der Waals surface area contributed by atoms with Gasteiger partial charge in [-0.15, -0.1) is 0 Å². The molecule has 0 amide bonds. The highest BCUT2D eigenvalue weighted by Crippen LogP contribution is 2.25. The number of furan rings is 1. The smallest absolute Gasteiger partial charge is 0.340 e. The SMILES string of the molecule is COC(=O)c1cc(NC(C)c2ccoc2)c(F)cc1F. The lowest BCUT2D eigenvalue weighted by atomic mass is 10.1. The third kappa shape index (κ3) is 2.79. The van der Waals surface area contributed by atoms with E-state index in [0.29, 0.717) is 6.07 Å². The number of methoxy groups -OCH3 is 1. The molecule has 0 saturated heterocycles. The van der Waals surface area contributed by atoms with E-state index in [1.807, 2.05) is 0 Å². The largest absolute Gasteiger partial charge is 0.472 e. The van der Waals surface area contributed by atoms with Crippen LogP contribution in [0.3, 0.4) is 0 Å². The van der Waals surface area contributed by atoms with Gasteiger partial charge in [0.05, 0.1) is 36.9 Å². The number of benzene rings is 1. The average molecular weight is 281 g/mol. The summed E-state index contributed by atoms with van der Waals surface area (Å²) in [6, 6.07) is 3.20. The first-order valence-corrected chi connectivity index (χ1v) is 5.89. The Labute approximate surface area is 114 Å². The Morgan fingerprint density at radius 2 is 2.10 bits per heavy atom. The van der Waals surface area contributed by atoms with Crippen molar-refractivity contribution in [2.75, 3.05) is 12.4 Å². The Bertz CT molecular complexity index is 611. The van der Waals surface area contributed by atoms with Crippen molar-refractivity contribution in [1.29, 1.82) is 0 Å². The second-order valence-corrected chi connectivity index (χ2v) is 4.23. The molecule has 1 N–H and O–H groups in total. The summed E-state index contributed by atoms with van der Waals surface area (Å²) in [4.78, 5) is 11.4. The van der Waals surface area contributed by atoms with Crippen molar-refractivity contribution in [3.05, 3.63) is 53.5 Å². The normalized spacial score (nSPS) is 12.0. The summed E-state index contributed by atoms with van der Waals surface area (Å²) in [5, 5.41) is 2.85. The van der Waals surface area contributed by atoms with Gasteiger partial charge < -0.3 is 14.5 Å². The predicted octanol–water partition coefficient (Wildman–Crippen LogP) is 3.52. The summed E-state index contributed by atoms with van der Waals surface area (Å²) in [5.41, 5.74) is 0.490. The molecule has 0 spiro atoms. The summed E-state index contributed by atoms with van der Waals surface area (Å²) >= 11 is 0. The number of esters is 1. The van der Waals surface area contributed by atoms with Crippen molar-refractivity contribution >= 4 is 11.7 Å². The van der Waals surface area contributed by atoms with E-state index in [4.69, 9.17) is 4.42 Å². The molecular weight excluding hydrogens is 268 g/mol. The van der Waals surface area contributed by atoms with Crippen molar-refractivity contribution in [2.45, 2.75) is 13.0 Å². The maximum atomic E-state index is 13.7. The van der Waals surface area contributed by atoms with Crippen LogP contribution in [0, 0.1) is 11.6 Å². The van der Waals surface area contributed by atoms with Crippen LogP contribution in [-0.2, 0) is 4.74 Å². The number of rotatable bonds is 4. The zero-order valence-electron chi connectivity index (χ0n) is 10.9. The molecule has 1 heterocycles. The maximum absolute atomic E-state index is 13.7. The summed E-state index contributed by atoms with van der Waals surface area (Å²) in [6.45, 7) is 1.78. The van der Waals surface area contributed by atoms with E-state index < -0.39 is 17.6 Å². The van der Waals surface area contributed by atoms with E-state index in [9.17, 15) is 13.6 Å². The van der Waals surface area contributed by atoms with Gasteiger partial charge >= 0.3 is 5.97 Å². The van der Waals surface area contributed by atoms with E-state index in [2.05, 4.69) is 10.1 Å². The fourth-order valence-electron chi connectivity index (χ4n) is 1.76. The first-order chi connectivity index (χ1) is 9.52. The fourth-order valence-corrected chi connectivity index (χ4v) is 1.76. The van der Waals surface area contributed by atoms with Crippen molar-refractivity contribution in [1.82, 2.24) is 0 Å². The number of ether oxygens (including phenoxy) is 1. The summed E-state index contributed by atoms with van der Waals surface area (Å²) in [5.74, 6) is -2.61. The van der Waals surface area contributed by atoms with Crippen LogP contribution in [0.2, 0.25) is 0 Å². The van der Waals surface area contributed by atoms with Gasteiger partial charge in [0, 0.05) is 11.6 Å². The molecule has 0 radical (unpaired) electrons. The zero-order valence-corrected chi connectivity index (χ0v) is 10.9. The van der Waals surface area contributed by atoms with E-state index in [0.717, 1.165) is 18.7 Å². The molecule has 0 aliphatic carbocycles. The Morgan fingerprint density at radius 1 is 1.35 bits per heavy atom. The molecule has 0 bridgehead atoms. The number of anilines is 1. The van der Waals surface area contributed by atoms with Gasteiger partial charge in [-0.05, 0) is 19.1 Å². The Kier molecular flexibility index (Phi) is 4.02. The van der Waals surface area contributed by atoms with E-state index in [-0.39, 0.29) is 17.3 Å². The molecule has 1 aromatic heterocycles. The third-order valence-corrected chi connectivity index (χ3v) is 2.88. The highest BCUT2D eigenvalue weighted by atomic mass is 19.1. The van der Waals surface area contributed by atoms with Crippen LogP contribution < -0.4 is 5.32 Å². The van der Waals surface area contributed by atoms with Gasteiger partial charge in [-0.25, -0.2) is 13.6 Å². The highest BCUT2D eigenvalue weighted by molar-refractivity contribution is 5.90. The minimum atomic E-state index is -0.962. The molecule has 2 aromatic rings. The topological polar surface area (TPSA) is 51.5 Å². The van der Waals surface area contributed by atoms with E-state index in [1.54, 1.807) is 13.0 Å². The number of hydrogen-bond acceptors (Lipinski definition) is 4. The molecule has 1 aromatic carbocycles. The Morgan fingerprint density at radius 3 is 2.70 bits per heavy atom. The van der Waals surface area contributed by atoms with Crippen LogP contribution in [0.15, 0.2) is 35.1 Å². The summed E-state index contributed by atoms with van der Waals surface area (Å²) in [6.07, 6.45) is 3.01. The predicted molar refractivity (Wildman–Crippen MR) is 68.4 cm³/mol.